The summed E-state index contributed by atoms with van der Waals surface area (Å²) in [5, 5.41) is 4.31. The van der Waals surface area contributed by atoms with Gasteiger partial charge in [0.2, 0.25) is 5.91 Å². The highest BCUT2D eigenvalue weighted by molar-refractivity contribution is 6.01. The summed E-state index contributed by atoms with van der Waals surface area (Å²) >= 11 is 0. The van der Waals surface area contributed by atoms with Crippen LogP contribution in [0, 0.1) is 6.92 Å². The lowest BCUT2D eigenvalue weighted by atomic mass is 10.0. The number of nitrogens with zero attached hydrogens (tertiary/aromatic N) is 1. The van der Waals surface area contributed by atoms with Crippen molar-refractivity contribution in [1.29, 1.82) is 0 Å². The monoisotopic (exact) mass is 320 g/mol. The van der Waals surface area contributed by atoms with Gasteiger partial charge in [-0.1, -0.05) is 30.3 Å². The number of fused-ring (bicyclic) bond motifs is 1. The maximum atomic E-state index is 12.3. The second kappa shape index (κ2) is 6.71. The van der Waals surface area contributed by atoms with E-state index in [4.69, 9.17) is 0 Å². The minimum atomic E-state index is -0.0662. The summed E-state index contributed by atoms with van der Waals surface area (Å²) in [7, 11) is 1.72. The fourth-order valence-corrected chi connectivity index (χ4v) is 2.84. The fourth-order valence-electron chi connectivity index (χ4n) is 2.84. The van der Waals surface area contributed by atoms with Gasteiger partial charge in [-0.3, -0.25) is 9.59 Å². The van der Waals surface area contributed by atoms with Crippen molar-refractivity contribution in [1.82, 2.24) is 4.57 Å². The molecule has 0 saturated carbocycles. The van der Waals surface area contributed by atoms with Crippen LogP contribution in [0.2, 0.25) is 0 Å². The summed E-state index contributed by atoms with van der Waals surface area (Å²) in [4.78, 5) is 24.5. The molecule has 0 aliphatic heterocycles. The van der Waals surface area contributed by atoms with Gasteiger partial charge in [0, 0.05) is 36.1 Å². The minimum absolute atomic E-state index is 0.0496. The number of hydrogen-bond acceptors (Lipinski definition) is 2. The molecule has 24 heavy (non-hydrogen) atoms. The van der Waals surface area contributed by atoms with Crippen LogP contribution >= 0.6 is 0 Å². The molecule has 0 aliphatic carbocycles. The molecule has 3 aromatic rings. The van der Waals surface area contributed by atoms with E-state index in [1.807, 2.05) is 43.3 Å². The van der Waals surface area contributed by atoms with Crippen molar-refractivity contribution in [3.63, 3.8) is 0 Å². The van der Waals surface area contributed by atoms with Gasteiger partial charge >= 0.3 is 0 Å². The summed E-state index contributed by atoms with van der Waals surface area (Å²) < 4.78 is 1.53. The van der Waals surface area contributed by atoms with E-state index in [1.165, 1.54) is 15.7 Å². The Labute approximate surface area is 140 Å². The molecule has 122 valence electrons. The fraction of sp³-hybridized carbons (Fsp3) is 0.200. The van der Waals surface area contributed by atoms with Gasteiger partial charge in [0.1, 0.15) is 0 Å². The van der Waals surface area contributed by atoms with Crippen LogP contribution in [0.4, 0.5) is 5.69 Å². The van der Waals surface area contributed by atoms with Gasteiger partial charge in [-0.15, -0.1) is 0 Å². The van der Waals surface area contributed by atoms with Crippen molar-refractivity contribution >= 4 is 22.4 Å². The molecular weight excluding hydrogens is 300 g/mol. The topological polar surface area (TPSA) is 51.1 Å². The lowest BCUT2D eigenvalue weighted by Crippen LogP contribution is -2.17. The van der Waals surface area contributed by atoms with E-state index in [2.05, 4.69) is 5.32 Å². The summed E-state index contributed by atoms with van der Waals surface area (Å²) in [6.45, 7) is 2.05. The van der Waals surface area contributed by atoms with E-state index < -0.39 is 0 Å². The van der Waals surface area contributed by atoms with Gasteiger partial charge in [-0.05, 0) is 42.7 Å². The number of aryl methyl sites for hydroxylation is 3. The molecule has 1 aromatic heterocycles. The first-order chi connectivity index (χ1) is 11.6. The van der Waals surface area contributed by atoms with Crippen LogP contribution in [0.25, 0.3) is 10.8 Å². The Morgan fingerprint density at radius 2 is 1.83 bits per heavy atom. The van der Waals surface area contributed by atoms with Crippen LogP contribution in [0.3, 0.4) is 0 Å². The Hall–Kier alpha value is -2.88. The van der Waals surface area contributed by atoms with E-state index in [1.54, 1.807) is 25.4 Å². The zero-order valence-corrected chi connectivity index (χ0v) is 13.9. The molecule has 0 aliphatic rings. The lowest BCUT2D eigenvalue weighted by Gasteiger charge is -2.10. The number of anilines is 1. The smallest absolute Gasteiger partial charge is 0.258 e. The molecule has 0 radical (unpaired) electrons. The number of carbonyl (C=O) groups excluding carboxylic acids is 1. The molecule has 0 saturated heterocycles. The van der Waals surface area contributed by atoms with Gasteiger partial charge in [-0.2, -0.15) is 0 Å². The highest BCUT2D eigenvalue weighted by atomic mass is 16.1. The molecule has 1 amide bonds. The van der Waals surface area contributed by atoms with Crippen molar-refractivity contribution in [2.45, 2.75) is 19.8 Å². The summed E-state index contributed by atoms with van der Waals surface area (Å²) in [6, 6.07) is 15.3. The van der Waals surface area contributed by atoms with Crippen LogP contribution < -0.4 is 10.9 Å². The number of pyridine rings is 1. The average molecular weight is 320 g/mol. The normalized spacial score (nSPS) is 10.8. The Balaban J connectivity index is 1.78. The number of hydrogen-bond donors (Lipinski definition) is 1. The zero-order valence-electron chi connectivity index (χ0n) is 13.9. The molecular formula is C20H20N2O2. The average Bonchev–Trinajstić information content (AvgIpc) is 2.58. The Kier molecular flexibility index (Phi) is 4.47. The Bertz CT molecular complexity index is 957. The molecule has 2 aromatic carbocycles. The standard InChI is InChI=1S/C20H20N2O2/c1-14-6-3-4-7-15(14)10-11-19(23)21-18-9-5-8-17-16(18)12-13-22(2)20(17)24/h3-9,12-13H,10-11H2,1-2H3,(H,21,23). The lowest BCUT2D eigenvalue weighted by molar-refractivity contribution is -0.116. The third-order valence-electron chi connectivity index (χ3n) is 4.28. The maximum absolute atomic E-state index is 12.3. The van der Waals surface area contributed by atoms with Crippen LogP contribution in [0.5, 0.6) is 0 Å². The molecule has 0 bridgehead atoms. The largest absolute Gasteiger partial charge is 0.326 e. The Morgan fingerprint density at radius 3 is 2.62 bits per heavy atom. The molecule has 1 heterocycles. The van der Waals surface area contributed by atoms with Crippen LogP contribution in [-0.2, 0) is 18.3 Å². The minimum Gasteiger partial charge on any atom is -0.326 e. The van der Waals surface area contributed by atoms with E-state index in [0.29, 0.717) is 23.9 Å². The number of amides is 1. The molecule has 3 rings (SSSR count). The second-order valence-electron chi connectivity index (χ2n) is 5.97. The van der Waals surface area contributed by atoms with Gasteiger partial charge in [0.05, 0.1) is 0 Å². The van der Waals surface area contributed by atoms with E-state index in [0.717, 1.165) is 5.39 Å². The Morgan fingerprint density at radius 1 is 1.04 bits per heavy atom. The molecule has 0 unspecified atom stereocenters. The predicted octanol–water partition coefficient (Wildman–Crippen LogP) is 3.42. The molecule has 0 fully saturated rings. The molecule has 4 heteroatoms. The van der Waals surface area contributed by atoms with Gasteiger partial charge in [-0.25, -0.2) is 0 Å². The molecule has 0 spiro atoms. The second-order valence-corrected chi connectivity index (χ2v) is 5.97. The number of benzene rings is 2. The highest BCUT2D eigenvalue weighted by Gasteiger charge is 2.09. The van der Waals surface area contributed by atoms with Crippen molar-refractivity contribution in [3.05, 3.63) is 76.2 Å². The van der Waals surface area contributed by atoms with Crippen molar-refractivity contribution in [2.24, 2.45) is 7.05 Å². The SMILES string of the molecule is Cc1ccccc1CCC(=O)Nc1cccc2c(=O)n(C)ccc12. The summed E-state index contributed by atoms with van der Waals surface area (Å²) in [6.07, 6.45) is 2.82. The number of carbonyl (C=O) groups is 1. The van der Waals surface area contributed by atoms with Gasteiger partial charge in [0.25, 0.3) is 5.56 Å². The van der Waals surface area contributed by atoms with Gasteiger partial charge < -0.3 is 9.88 Å². The highest BCUT2D eigenvalue weighted by Crippen LogP contribution is 2.21. The first-order valence-electron chi connectivity index (χ1n) is 7.99. The van der Waals surface area contributed by atoms with Crippen LogP contribution in [0.1, 0.15) is 17.5 Å². The van der Waals surface area contributed by atoms with Crippen molar-refractivity contribution in [2.75, 3.05) is 5.32 Å². The number of aromatic nitrogens is 1. The summed E-state index contributed by atoms with van der Waals surface area (Å²) in [5.74, 6) is -0.0496. The number of nitrogens with one attached hydrogen (secondary N) is 1. The van der Waals surface area contributed by atoms with Crippen LogP contribution in [-0.4, -0.2) is 10.5 Å². The van der Waals surface area contributed by atoms with Crippen LogP contribution in [0.15, 0.2) is 59.5 Å². The van der Waals surface area contributed by atoms with Gasteiger partial charge in [0.15, 0.2) is 0 Å². The maximum Gasteiger partial charge on any atom is 0.258 e. The van der Waals surface area contributed by atoms with E-state index >= 15 is 0 Å². The van der Waals surface area contributed by atoms with Crippen molar-refractivity contribution < 1.29 is 4.79 Å². The molecule has 4 nitrogen and oxygen atoms in total. The first-order valence-corrected chi connectivity index (χ1v) is 7.99. The van der Waals surface area contributed by atoms with E-state index in [-0.39, 0.29) is 11.5 Å². The quantitative estimate of drug-likeness (QED) is 0.801. The van der Waals surface area contributed by atoms with Crippen molar-refractivity contribution in [3.8, 4) is 0 Å². The van der Waals surface area contributed by atoms with E-state index in [9.17, 15) is 9.59 Å². The zero-order chi connectivity index (χ0) is 17.1. The predicted molar refractivity (Wildman–Crippen MR) is 97.3 cm³/mol. The molecule has 1 N–H and O–H groups in total. The summed E-state index contributed by atoms with van der Waals surface area (Å²) in [5.41, 5.74) is 2.99. The third-order valence-corrected chi connectivity index (χ3v) is 4.28. The third kappa shape index (κ3) is 3.23. The number of rotatable bonds is 4. The molecule has 0 atom stereocenters. The first kappa shape index (κ1) is 16.0.